The molecule has 3 aliphatic heterocycles. The second kappa shape index (κ2) is 6.91. The standard InChI is InChI=1S/C18H20Cl2N2O4/c19-11-2-1-10(9-12(11)20)21-5-7-22(8-6-21)17(23)15-13-3-4-14(26-13)16(15)18(24)25/h1-2,9,13-16H,3-8H2,(H,24,25)/p-1/t13-,14+,15+,16-/m1/s1. The topological polar surface area (TPSA) is 72.9 Å². The summed E-state index contributed by atoms with van der Waals surface area (Å²) in [5.74, 6) is -2.74. The fourth-order valence-electron chi connectivity index (χ4n) is 4.37. The number of fused-ring (bicyclic) bond motifs is 2. The lowest BCUT2D eigenvalue weighted by Gasteiger charge is -2.39. The first-order valence-electron chi connectivity index (χ1n) is 8.81. The molecular formula is C18H19Cl2N2O4-. The van der Waals surface area contributed by atoms with E-state index in [-0.39, 0.29) is 18.1 Å². The Balaban J connectivity index is 1.42. The van der Waals surface area contributed by atoms with E-state index in [9.17, 15) is 14.7 Å². The van der Waals surface area contributed by atoms with Gasteiger partial charge in [0.1, 0.15) is 0 Å². The molecule has 1 amide bonds. The van der Waals surface area contributed by atoms with Gasteiger partial charge in [0.05, 0.1) is 28.2 Å². The minimum atomic E-state index is -1.18. The number of rotatable bonds is 3. The third-order valence-electron chi connectivity index (χ3n) is 5.69. The van der Waals surface area contributed by atoms with Crippen molar-refractivity contribution in [1.82, 2.24) is 4.90 Å². The minimum absolute atomic E-state index is 0.125. The molecule has 0 aromatic heterocycles. The summed E-state index contributed by atoms with van der Waals surface area (Å²) in [5, 5.41) is 12.5. The molecule has 8 heteroatoms. The van der Waals surface area contributed by atoms with Gasteiger partial charge in [-0.3, -0.25) is 4.79 Å². The minimum Gasteiger partial charge on any atom is -0.550 e. The van der Waals surface area contributed by atoms with Crippen LogP contribution in [0.1, 0.15) is 12.8 Å². The van der Waals surface area contributed by atoms with Crippen molar-refractivity contribution in [1.29, 1.82) is 0 Å². The van der Waals surface area contributed by atoms with Gasteiger partial charge in [-0.1, -0.05) is 23.2 Å². The molecule has 0 aliphatic carbocycles. The predicted molar refractivity (Wildman–Crippen MR) is 95.1 cm³/mol. The van der Waals surface area contributed by atoms with Gasteiger partial charge in [0.15, 0.2) is 0 Å². The van der Waals surface area contributed by atoms with E-state index in [4.69, 9.17) is 27.9 Å². The third-order valence-corrected chi connectivity index (χ3v) is 6.43. The Bertz CT molecular complexity index is 736. The van der Waals surface area contributed by atoms with Crippen molar-refractivity contribution in [3.05, 3.63) is 28.2 Å². The molecule has 2 bridgehead atoms. The molecule has 3 fully saturated rings. The zero-order chi connectivity index (χ0) is 18.4. The van der Waals surface area contributed by atoms with E-state index in [1.54, 1.807) is 11.0 Å². The molecular weight excluding hydrogens is 379 g/mol. The van der Waals surface area contributed by atoms with Crippen LogP contribution in [0.3, 0.4) is 0 Å². The number of halogens is 2. The fourth-order valence-corrected chi connectivity index (χ4v) is 4.66. The number of anilines is 1. The molecule has 140 valence electrons. The number of amides is 1. The van der Waals surface area contributed by atoms with Crippen LogP contribution in [0.15, 0.2) is 18.2 Å². The molecule has 0 spiro atoms. The predicted octanol–water partition coefficient (Wildman–Crippen LogP) is 1.19. The van der Waals surface area contributed by atoms with Crippen LogP contribution in [0.25, 0.3) is 0 Å². The van der Waals surface area contributed by atoms with Crippen molar-refractivity contribution < 1.29 is 19.4 Å². The molecule has 4 rings (SSSR count). The fraction of sp³-hybridized carbons (Fsp3) is 0.556. The van der Waals surface area contributed by atoms with Crippen molar-refractivity contribution >= 4 is 40.8 Å². The number of carbonyl (C=O) groups is 2. The van der Waals surface area contributed by atoms with E-state index >= 15 is 0 Å². The van der Waals surface area contributed by atoms with Crippen molar-refractivity contribution in [3.63, 3.8) is 0 Å². The number of ether oxygens (including phenoxy) is 1. The molecule has 6 nitrogen and oxygen atoms in total. The summed E-state index contributed by atoms with van der Waals surface area (Å²) < 4.78 is 5.68. The number of carboxylic acid groups (broad SMARTS) is 1. The van der Waals surface area contributed by atoms with E-state index in [2.05, 4.69) is 4.90 Å². The zero-order valence-electron chi connectivity index (χ0n) is 14.1. The highest BCUT2D eigenvalue weighted by Gasteiger charge is 2.53. The molecule has 3 heterocycles. The number of nitrogens with zero attached hydrogens (tertiary/aromatic N) is 2. The Hall–Kier alpha value is -1.50. The molecule has 1 aromatic rings. The number of hydrogen-bond donors (Lipinski definition) is 0. The Labute approximate surface area is 161 Å². The summed E-state index contributed by atoms with van der Waals surface area (Å²) in [4.78, 5) is 28.3. The van der Waals surface area contributed by atoms with E-state index in [1.807, 2.05) is 12.1 Å². The van der Waals surface area contributed by atoms with Gasteiger partial charge in [-0.05, 0) is 31.0 Å². The number of carboxylic acids is 1. The van der Waals surface area contributed by atoms with Gasteiger partial charge in [-0.25, -0.2) is 0 Å². The van der Waals surface area contributed by atoms with E-state index < -0.39 is 17.8 Å². The zero-order valence-corrected chi connectivity index (χ0v) is 15.6. The summed E-state index contributed by atoms with van der Waals surface area (Å²) in [5.41, 5.74) is 0.961. The first kappa shape index (κ1) is 17.9. The highest BCUT2D eigenvalue weighted by atomic mass is 35.5. The molecule has 26 heavy (non-hydrogen) atoms. The Morgan fingerprint density at radius 2 is 1.65 bits per heavy atom. The molecule has 3 aliphatic rings. The number of hydrogen-bond acceptors (Lipinski definition) is 5. The van der Waals surface area contributed by atoms with Gasteiger partial charge in [0.2, 0.25) is 5.91 Å². The number of benzene rings is 1. The SMILES string of the molecule is O=C([O-])[C@H]1[C@@H](C(=O)N2CCN(c3ccc(Cl)c(Cl)c3)CC2)[C@H]2CC[C@@H]1O2. The smallest absolute Gasteiger partial charge is 0.229 e. The van der Waals surface area contributed by atoms with Crippen LogP contribution in [0, 0.1) is 11.8 Å². The lowest BCUT2D eigenvalue weighted by Crippen LogP contribution is -2.54. The summed E-state index contributed by atoms with van der Waals surface area (Å²) in [7, 11) is 0. The van der Waals surface area contributed by atoms with Crippen LogP contribution < -0.4 is 10.0 Å². The average Bonchev–Trinajstić information content (AvgIpc) is 3.25. The summed E-state index contributed by atoms with van der Waals surface area (Å²) >= 11 is 12.0. The molecule has 0 saturated carbocycles. The van der Waals surface area contributed by atoms with Crippen LogP contribution in [0.2, 0.25) is 10.0 Å². The molecule has 0 unspecified atom stereocenters. The van der Waals surface area contributed by atoms with Crippen LogP contribution in [0.4, 0.5) is 5.69 Å². The van der Waals surface area contributed by atoms with Gasteiger partial charge in [-0.15, -0.1) is 0 Å². The van der Waals surface area contributed by atoms with Gasteiger partial charge in [0.25, 0.3) is 0 Å². The number of aliphatic carboxylic acids is 1. The van der Waals surface area contributed by atoms with Crippen molar-refractivity contribution in [2.75, 3.05) is 31.1 Å². The summed E-state index contributed by atoms with van der Waals surface area (Å²) in [6.07, 6.45) is 0.770. The lowest BCUT2D eigenvalue weighted by atomic mass is 9.78. The maximum atomic E-state index is 12.9. The summed E-state index contributed by atoms with van der Waals surface area (Å²) in [6.45, 7) is 2.38. The monoisotopic (exact) mass is 397 g/mol. The molecule has 4 atom stereocenters. The van der Waals surface area contributed by atoms with Crippen LogP contribution in [-0.4, -0.2) is 55.2 Å². The second-order valence-electron chi connectivity index (χ2n) is 7.07. The van der Waals surface area contributed by atoms with E-state index in [0.29, 0.717) is 42.6 Å². The molecule has 0 N–H and O–H groups in total. The van der Waals surface area contributed by atoms with Gasteiger partial charge >= 0.3 is 0 Å². The second-order valence-corrected chi connectivity index (χ2v) is 7.89. The molecule has 3 saturated heterocycles. The van der Waals surface area contributed by atoms with Gasteiger partial charge in [0, 0.05) is 43.8 Å². The van der Waals surface area contributed by atoms with Gasteiger partial charge < -0.3 is 24.4 Å². The normalized spacial score (nSPS) is 30.7. The average molecular weight is 398 g/mol. The largest absolute Gasteiger partial charge is 0.550 e. The van der Waals surface area contributed by atoms with Crippen LogP contribution in [-0.2, 0) is 14.3 Å². The van der Waals surface area contributed by atoms with Crippen molar-refractivity contribution in [3.8, 4) is 0 Å². The van der Waals surface area contributed by atoms with Crippen molar-refractivity contribution in [2.24, 2.45) is 11.8 Å². The van der Waals surface area contributed by atoms with Crippen molar-refractivity contribution in [2.45, 2.75) is 25.0 Å². The van der Waals surface area contributed by atoms with Gasteiger partial charge in [-0.2, -0.15) is 0 Å². The third kappa shape index (κ3) is 3.04. The Kier molecular flexibility index (Phi) is 4.75. The van der Waals surface area contributed by atoms with E-state index in [0.717, 1.165) is 12.1 Å². The Morgan fingerprint density at radius 3 is 2.27 bits per heavy atom. The van der Waals surface area contributed by atoms with Crippen LogP contribution >= 0.6 is 23.2 Å². The van der Waals surface area contributed by atoms with Crippen LogP contribution in [0.5, 0.6) is 0 Å². The molecule has 0 radical (unpaired) electrons. The maximum Gasteiger partial charge on any atom is 0.229 e. The first-order valence-corrected chi connectivity index (χ1v) is 9.56. The molecule has 1 aromatic carbocycles. The maximum absolute atomic E-state index is 12.9. The number of piperazine rings is 1. The first-order chi connectivity index (χ1) is 12.5. The highest BCUT2D eigenvalue weighted by Crippen LogP contribution is 2.44. The number of carbonyl (C=O) groups excluding carboxylic acids is 2. The Morgan fingerprint density at radius 1 is 1.00 bits per heavy atom. The highest BCUT2D eigenvalue weighted by molar-refractivity contribution is 6.42. The lowest BCUT2D eigenvalue weighted by molar-refractivity contribution is -0.314. The summed E-state index contributed by atoms with van der Waals surface area (Å²) in [6, 6.07) is 5.48. The quantitative estimate of drug-likeness (QED) is 0.765. The van der Waals surface area contributed by atoms with E-state index in [1.165, 1.54) is 0 Å².